The van der Waals surface area contributed by atoms with Crippen LogP contribution in [0.3, 0.4) is 0 Å². The predicted molar refractivity (Wildman–Crippen MR) is 145 cm³/mol. The first-order valence-electron chi connectivity index (χ1n) is 14.3. The summed E-state index contributed by atoms with van der Waals surface area (Å²) in [6.07, 6.45) is -6.89. The van der Waals surface area contributed by atoms with Crippen molar-refractivity contribution in [1.29, 1.82) is 0 Å². The summed E-state index contributed by atoms with van der Waals surface area (Å²) in [6.45, 7) is 6.31. The number of fused-ring (bicyclic) bond motifs is 5. The van der Waals surface area contributed by atoms with Crippen LogP contribution in [0.2, 0.25) is 0 Å². The number of aliphatic hydroxyl groups excluding tert-OH is 1. The van der Waals surface area contributed by atoms with Gasteiger partial charge in [0.05, 0.1) is 11.8 Å². The molecule has 0 bridgehead atoms. The van der Waals surface area contributed by atoms with Gasteiger partial charge in [0.15, 0.2) is 0 Å². The third-order valence-corrected chi connectivity index (χ3v) is 10.9. The van der Waals surface area contributed by atoms with Crippen molar-refractivity contribution >= 4 is 16.0 Å². The number of hydrogen-bond acceptors (Lipinski definition) is 4. The molecule has 0 amide bonds. The zero-order chi connectivity index (χ0) is 31.4. The molecular formula is C29H39F6NO5S. The summed E-state index contributed by atoms with van der Waals surface area (Å²) in [7, 11) is -4.46. The van der Waals surface area contributed by atoms with E-state index in [9.17, 15) is 49.5 Å². The van der Waals surface area contributed by atoms with E-state index in [-0.39, 0.29) is 40.7 Å². The van der Waals surface area contributed by atoms with Gasteiger partial charge in [0.1, 0.15) is 0 Å². The van der Waals surface area contributed by atoms with E-state index in [2.05, 4.69) is 18.2 Å². The molecule has 42 heavy (non-hydrogen) atoms. The molecule has 3 aliphatic rings. The van der Waals surface area contributed by atoms with Gasteiger partial charge >= 0.3 is 22.7 Å². The average Bonchev–Trinajstić information content (AvgIpc) is 3.17. The zero-order valence-electron chi connectivity index (χ0n) is 23.4. The second kappa shape index (κ2) is 11.3. The van der Waals surface area contributed by atoms with Gasteiger partial charge < -0.3 is 10.2 Å². The summed E-state index contributed by atoms with van der Waals surface area (Å²) in [5.41, 5.74) is -3.28. The molecule has 4 N–H and O–H groups in total. The van der Waals surface area contributed by atoms with E-state index in [1.165, 1.54) is 0 Å². The van der Waals surface area contributed by atoms with Crippen LogP contribution in [0.4, 0.5) is 32.0 Å². The van der Waals surface area contributed by atoms with Crippen molar-refractivity contribution in [2.45, 2.75) is 108 Å². The SMILES string of the molecule is C=C[C@@]12CCc3cc(NS(=O)(=O)O)ccc3[C@H]1[C@@H](CCCCCCC(O)(C(F)(F)F)C(F)(F)F)C[C@@]1(C)[C@H]2CC[C@@H]1O. The van der Waals surface area contributed by atoms with Gasteiger partial charge in [-0.05, 0) is 103 Å². The lowest BCUT2D eigenvalue weighted by Gasteiger charge is -2.60. The number of allylic oxidation sites excluding steroid dienone is 1. The van der Waals surface area contributed by atoms with Crippen molar-refractivity contribution in [1.82, 2.24) is 0 Å². The van der Waals surface area contributed by atoms with Crippen LogP contribution in [0.5, 0.6) is 0 Å². The first-order chi connectivity index (χ1) is 19.3. The van der Waals surface area contributed by atoms with Crippen LogP contribution in [0.1, 0.15) is 88.2 Å². The molecule has 0 unspecified atom stereocenters. The number of aryl methyl sites for hydroxylation is 1. The fourth-order valence-corrected chi connectivity index (χ4v) is 8.93. The molecule has 6 nitrogen and oxygen atoms in total. The lowest BCUT2D eigenvalue weighted by molar-refractivity contribution is -0.370. The number of aliphatic hydroxyl groups is 2. The molecule has 0 aliphatic heterocycles. The molecule has 3 aliphatic carbocycles. The molecule has 13 heteroatoms. The Bertz CT molecular complexity index is 1250. The zero-order valence-corrected chi connectivity index (χ0v) is 24.3. The Hall–Kier alpha value is -1.83. The molecule has 0 aromatic heterocycles. The number of hydrogen-bond donors (Lipinski definition) is 4. The Morgan fingerprint density at radius 3 is 2.31 bits per heavy atom. The average molecular weight is 628 g/mol. The minimum absolute atomic E-state index is 0.0255. The van der Waals surface area contributed by atoms with Crippen molar-refractivity contribution in [2.75, 3.05) is 4.72 Å². The molecule has 0 heterocycles. The highest BCUT2D eigenvalue weighted by Crippen LogP contribution is 2.69. The lowest BCUT2D eigenvalue weighted by atomic mass is 9.44. The highest BCUT2D eigenvalue weighted by Gasteiger charge is 2.69. The number of alkyl halides is 6. The molecule has 0 radical (unpaired) electrons. The molecule has 0 saturated heterocycles. The molecule has 4 rings (SSSR count). The summed E-state index contributed by atoms with van der Waals surface area (Å²) in [5, 5.41) is 20.5. The summed E-state index contributed by atoms with van der Waals surface area (Å²) in [6, 6.07) is 5.14. The van der Waals surface area contributed by atoms with E-state index in [1.807, 2.05) is 12.1 Å². The van der Waals surface area contributed by atoms with Crippen molar-refractivity contribution in [2.24, 2.45) is 22.7 Å². The molecular weight excluding hydrogens is 588 g/mol. The number of anilines is 1. The van der Waals surface area contributed by atoms with Crippen molar-refractivity contribution in [3.63, 3.8) is 0 Å². The molecule has 2 saturated carbocycles. The third kappa shape index (κ3) is 5.82. The van der Waals surface area contributed by atoms with Gasteiger partial charge in [-0.25, -0.2) is 0 Å². The number of benzene rings is 1. The second-order valence-electron chi connectivity index (χ2n) is 12.7. The van der Waals surface area contributed by atoms with Crippen LogP contribution in [0, 0.1) is 22.7 Å². The van der Waals surface area contributed by atoms with E-state index >= 15 is 0 Å². The van der Waals surface area contributed by atoms with E-state index in [4.69, 9.17) is 0 Å². The van der Waals surface area contributed by atoms with Crippen LogP contribution in [0.25, 0.3) is 0 Å². The van der Waals surface area contributed by atoms with Gasteiger partial charge in [-0.1, -0.05) is 38.3 Å². The van der Waals surface area contributed by atoms with Gasteiger partial charge in [0.2, 0.25) is 0 Å². The monoisotopic (exact) mass is 627 g/mol. The summed E-state index contributed by atoms with van der Waals surface area (Å²) >= 11 is 0. The topological polar surface area (TPSA) is 107 Å². The Labute approximate surface area is 242 Å². The largest absolute Gasteiger partial charge is 0.426 e. The van der Waals surface area contributed by atoms with Crippen molar-refractivity contribution in [3.05, 3.63) is 42.0 Å². The lowest BCUT2D eigenvalue weighted by Crippen LogP contribution is -2.56. The molecule has 238 valence electrons. The smallest absolute Gasteiger partial charge is 0.393 e. The van der Waals surface area contributed by atoms with Crippen LogP contribution in [-0.2, 0) is 16.7 Å². The fraction of sp³-hybridized carbons (Fsp3) is 0.724. The summed E-state index contributed by atoms with van der Waals surface area (Å²) in [4.78, 5) is 0. The minimum Gasteiger partial charge on any atom is -0.393 e. The summed E-state index contributed by atoms with van der Waals surface area (Å²) < 4.78 is 112. The first-order valence-corrected chi connectivity index (χ1v) is 15.8. The molecule has 0 spiro atoms. The standard InChI is InChI=1S/C29H39F6NO5S/c1-3-26-15-13-18-16-20(36-42(39,40)41)9-10-21(18)24(26)19(17-25(2)22(26)11-12-23(25)37)8-6-4-5-7-14-27(38,28(30,31)32)29(33,34)35/h3,9-10,16,19,22-24,36-38H,1,4-8,11-15,17H2,2H3,(H,39,40,41)/t19-,22+,23-,24+,25-,26-/m0/s1. The normalized spacial score (nSPS) is 31.7. The van der Waals surface area contributed by atoms with E-state index in [0.717, 1.165) is 24.0 Å². The summed E-state index contributed by atoms with van der Waals surface area (Å²) in [5.74, 6) is 0.158. The second-order valence-corrected chi connectivity index (χ2v) is 13.9. The van der Waals surface area contributed by atoms with Gasteiger partial charge in [0.25, 0.3) is 5.60 Å². The number of unbranched alkanes of at least 4 members (excludes halogenated alkanes) is 3. The maximum absolute atomic E-state index is 13.0. The van der Waals surface area contributed by atoms with Gasteiger partial charge in [-0.3, -0.25) is 9.27 Å². The Kier molecular flexibility index (Phi) is 8.87. The number of rotatable bonds is 10. The molecule has 1 aromatic carbocycles. The highest BCUT2D eigenvalue weighted by molar-refractivity contribution is 7.87. The molecule has 2 fully saturated rings. The van der Waals surface area contributed by atoms with Crippen LogP contribution in [0.15, 0.2) is 30.9 Å². The van der Waals surface area contributed by atoms with Crippen molar-refractivity contribution < 1.29 is 49.5 Å². The van der Waals surface area contributed by atoms with Crippen molar-refractivity contribution in [3.8, 4) is 0 Å². The molecule has 1 aromatic rings. The molecule has 6 atom stereocenters. The predicted octanol–water partition coefficient (Wildman–Crippen LogP) is 7.10. The Balaban J connectivity index is 1.54. The third-order valence-electron chi connectivity index (χ3n) is 10.4. The van der Waals surface area contributed by atoms with Crippen LogP contribution < -0.4 is 4.72 Å². The highest BCUT2D eigenvalue weighted by atomic mass is 32.2. The quantitative estimate of drug-likeness (QED) is 0.0959. The maximum Gasteiger partial charge on any atom is 0.426 e. The first kappa shape index (κ1) is 33.1. The van der Waals surface area contributed by atoms with Gasteiger partial charge in [-0.2, -0.15) is 34.8 Å². The van der Waals surface area contributed by atoms with E-state index in [1.54, 1.807) is 12.1 Å². The van der Waals surface area contributed by atoms with E-state index in [0.29, 0.717) is 38.5 Å². The Morgan fingerprint density at radius 1 is 1.07 bits per heavy atom. The number of halogens is 6. The fourth-order valence-electron chi connectivity index (χ4n) is 8.50. The van der Waals surface area contributed by atoms with Crippen LogP contribution >= 0.6 is 0 Å². The number of nitrogens with one attached hydrogen (secondary N) is 1. The Morgan fingerprint density at radius 2 is 1.71 bits per heavy atom. The van der Waals surface area contributed by atoms with Crippen LogP contribution in [-0.4, -0.2) is 47.2 Å². The van der Waals surface area contributed by atoms with E-state index < -0.39 is 47.2 Å². The van der Waals surface area contributed by atoms with Gasteiger partial charge in [0, 0.05) is 0 Å². The minimum atomic E-state index is -5.82. The maximum atomic E-state index is 13.0. The van der Waals surface area contributed by atoms with Gasteiger partial charge in [-0.15, -0.1) is 6.58 Å².